The van der Waals surface area contributed by atoms with Gasteiger partial charge in [0.25, 0.3) is 0 Å². The largest absolute Gasteiger partial charge is 0.481 e. The number of nitriles is 2. The molecule has 0 spiro atoms. The van der Waals surface area contributed by atoms with Crippen molar-refractivity contribution in [1.82, 2.24) is 4.57 Å². The smallest absolute Gasteiger partial charge is 0.367 e. The van der Waals surface area contributed by atoms with E-state index < -0.39 is 46.0 Å². The van der Waals surface area contributed by atoms with Crippen LogP contribution >= 0.6 is 0 Å². The van der Waals surface area contributed by atoms with Crippen LogP contribution in [0.1, 0.15) is 51.8 Å². The highest BCUT2D eigenvalue weighted by Crippen LogP contribution is 2.75. The molecule has 1 heterocycles. The molecule has 0 aliphatic heterocycles. The number of aromatic nitrogens is 1. The number of allylic oxidation sites excluding steroid dienone is 1. The van der Waals surface area contributed by atoms with Crippen molar-refractivity contribution >= 4 is 11.9 Å². The molecule has 0 radical (unpaired) electrons. The SMILES string of the molecule is C#CCn1cc(C(C#N)[C@]2(C(=O)O)[C@@H](C=C(F)C(=O)OC(C)(C)C)C2(C)C)cc1C#N. The van der Waals surface area contributed by atoms with Crippen LogP contribution in [0.25, 0.3) is 0 Å². The maximum absolute atomic E-state index is 14.6. The highest BCUT2D eigenvalue weighted by Gasteiger charge is 2.78. The van der Waals surface area contributed by atoms with Crippen LogP contribution in [0, 0.1) is 51.8 Å². The maximum Gasteiger partial charge on any atom is 0.367 e. The van der Waals surface area contributed by atoms with Crippen LogP contribution in [-0.4, -0.2) is 27.2 Å². The standard InChI is InChI=1S/C23H24FN3O4/c1-7-8-27-13-14(9-15(27)11-25)16(12-26)23(20(29)30)18(22(23,5)6)10-17(24)19(28)31-21(2,3)4/h1,9-10,13,16,18H,8H2,2-6H3,(H,29,30)/t16?,18-,23+/m0/s1. The van der Waals surface area contributed by atoms with Gasteiger partial charge in [-0.15, -0.1) is 6.42 Å². The summed E-state index contributed by atoms with van der Waals surface area (Å²) in [5.74, 6) is -3.49. The number of terminal acetylenes is 1. The first-order valence-electron chi connectivity index (χ1n) is 9.55. The van der Waals surface area contributed by atoms with Crippen LogP contribution in [0.15, 0.2) is 24.2 Å². The number of rotatable bonds is 6. The minimum absolute atomic E-state index is 0.0705. The van der Waals surface area contributed by atoms with Gasteiger partial charge < -0.3 is 14.4 Å². The molecule has 1 unspecified atom stereocenters. The van der Waals surface area contributed by atoms with Crippen LogP contribution in [0.2, 0.25) is 0 Å². The molecule has 1 aromatic rings. The first-order valence-corrected chi connectivity index (χ1v) is 9.55. The minimum atomic E-state index is -1.71. The van der Waals surface area contributed by atoms with Gasteiger partial charge in [-0.1, -0.05) is 19.8 Å². The lowest BCUT2D eigenvalue weighted by atomic mass is 9.79. The number of carboxylic acid groups (broad SMARTS) is 1. The molecule has 7 nitrogen and oxygen atoms in total. The van der Waals surface area contributed by atoms with E-state index in [4.69, 9.17) is 11.2 Å². The van der Waals surface area contributed by atoms with E-state index in [9.17, 15) is 29.6 Å². The number of nitrogens with zero attached hydrogens (tertiary/aromatic N) is 3. The molecule has 1 aliphatic rings. The average molecular weight is 425 g/mol. The van der Waals surface area contributed by atoms with Gasteiger partial charge in [0.1, 0.15) is 22.8 Å². The first-order chi connectivity index (χ1) is 14.3. The fraction of sp³-hybridized carbons (Fsp3) is 0.478. The van der Waals surface area contributed by atoms with Crippen molar-refractivity contribution < 1.29 is 23.8 Å². The number of aliphatic carboxylic acids is 1. The molecular formula is C23H24FN3O4. The van der Waals surface area contributed by atoms with Crippen LogP contribution in [-0.2, 0) is 20.9 Å². The molecule has 1 aromatic heterocycles. The van der Waals surface area contributed by atoms with Crippen molar-refractivity contribution in [1.29, 1.82) is 10.5 Å². The Labute approximate surface area is 180 Å². The molecule has 0 bridgehead atoms. The van der Waals surface area contributed by atoms with Gasteiger partial charge in [0, 0.05) is 12.1 Å². The second kappa shape index (κ2) is 7.93. The van der Waals surface area contributed by atoms with Gasteiger partial charge in [-0.3, -0.25) is 4.79 Å². The van der Waals surface area contributed by atoms with Crippen molar-refractivity contribution in [3.05, 3.63) is 35.4 Å². The van der Waals surface area contributed by atoms with E-state index in [0.717, 1.165) is 6.08 Å². The number of halogens is 1. The summed E-state index contributed by atoms with van der Waals surface area (Å²) in [5, 5.41) is 29.3. The molecule has 3 atom stereocenters. The summed E-state index contributed by atoms with van der Waals surface area (Å²) in [6.45, 7) is 8.01. The third-order valence-electron chi connectivity index (χ3n) is 5.72. The Bertz CT molecular complexity index is 1070. The molecule has 2 rings (SSSR count). The minimum Gasteiger partial charge on any atom is -0.481 e. The highest BCUT2D eigenvalue weighted by molar-refractivity contribution is 5.88. The molecule has 162 valence electrons. The molecule has 0 amide bonds. The third-order valence-corrected chi connectivity index (χ3v) is 5.72. The summed E-state index contributed by atoms with van der Waals surface area (Å²) in [7, 11) is 0. The van der Waals surface area contributed by atoms with Crippen molar-refractivity contribution in [3.63, 3.8) is 0 Å². The molecule has 8 heteroatoms. The van der Waals surface area contributed by atoms with Crippen molar-refractivity contribution in [2.75, 3.05) is 0 Å². The number of carboxylic acids is 1. The van der Waals surface area contributed by atoms with Crippen molar-refractivity contribution in [2.45, 2.75) is 52.7 Å². The lowest BCUT2D eigenvalue weighted by Gasteiger charge is -2.21. The Hall–Kier alpha value is -3.57. The fourth-order valence-electron chi connectivity index (χ4n) is 4.25. The molecule has 1 saturated carbocycles. The quantitative estimate of drug-likeness (QED) is 0.423. The zero-order valence-electron chi connectivity index (χ0n) is 18.1. The van der Waals surface area contributed by atoms with Crippen molar-refractivity contribution in [2.24, 2.45) is 16.7 Å². The van der Waals surface area contributed by atoms with Gasteiger partial charge in [-0.05, 0) is 43.9 Å². The monoisotopic (exact) mass is 425 g/mol. The lowest BCUT2D eigenvalue weighted by molar-refractivity contribution is -0.152. The van der Waals surface area contributed by atoms with Crippen LogP contribution < -0.4 is 0 Å². The number of carbonyl (C=O) groups is 2. The zero-order chi connectivity index (χ0) is 23.8. The molecule has 0 aromatic carbocycles. The van der Waals surface area contributed by atoms with Gasteiger partial charge in [-0.2, -0.15) is 14.9 Å². The first kappa shape index (κ1) is 23.7. The zero-order valence-corrected chi connectivity index (χ0v) is 18.1. The Morgan fingerprint density at radius 3 is 2.48 bits per heavy atom. The van der Waals surface area contributed by atoms with E-state index in [1.807, 2.05) is 12.1 Å². The maximum atomic E-state index is 14.6. The molecule has 0 saturated heterocycles. The summed E-state index contributed by atoms with van der Waals surface area (Å²) in [6, 6.07) is 5.38. The van der Waals surface area contributed by atoms with Crippen LogP contribution in [0.4, 0.5) is 4.39 Å². The van der Waals surface area contributed by atoms with Gasteiger partial charge in [0.05, 0.1) is 18.5 Å². The number of hydrogen-bond donors (Lipinski definition) is 1. The summed E-state index contributed by atoms with van der Waals surface area (Å²) in [6.07, 6.45) is 7.70. The predicted octanol–water partition coefficient (Wildman–Crippen LogP) is 3.52. The van der Waals surface area contributed by atoms with E-state index in [-0.39, 0.29) is 12.2 Å². The summed E-state index contributed by atoms with van der Waals surface area (Å²) in [4.78, 5) is 24.5. The fourth-order valence-corrected chi connectivity index (χ4v) is 4.25. The van der Waals surface area contributed by atoms with E-state index in [1.165, 1.54) is 16.8 Å². The lowest BCUT2D eigenvalue weighted by Crippen LogP contribution is -2.28. The number of hydrogen-bond acceptors (Lipinski definition) is 5. The van der Waals surface area contributed by atoms with Gasteiger partial charge in [0.2, 0.25) is 5.83 Å². The summed E-state index contributed by atoms with van der Waals surface area (Å²) in [5.41, 5.74) is -3.22. The average Bonchev–Trinajstić information content (AvgIpc) is 2.94. The van der Waals surface area contributed by atoms with Gasteiger partial charge in [-0.25, -0.2) is 4.79 Å². The van der Waals surface area contributed by atoms with E-state index in [0.29, 0.717) is 5.56 Å². The number of carbonyl (C=O) groups excluding carboxylic acids is 1. The predicted molar refractivity (Wildman–Crippen MR) is 109 cm³/mol. The van der Waals surface area contributed by atoms with Crippen LogP contribution in [0.3, 0.4) is 0 Å². The van der Waals surface area contributed by atoms with Crippen LogP contribution in [0.5, 0.6) is 0 Å². The Balaban J connectivity index is 2.55. The van der Waals surface area contributed by atoms with E-state index in [2.05, 4.69) is 5.92 Å². The molecule has 31 heavy (non-hydrogen) atoms. The summed E-state index contributed by atoms with van der Waals surface area (Å²) >= 11 is 0. The Kier molecular flexibility index (Phi) is 6.06. The summed E-state index contributed by atoms with van der Waals surface area (Å²) < 4.78 is 21.0. The Morgan fingerprint density at radius 1 is 1.42 bits per heavy atom. The van der Waals surface area contributed by atoms with E-state index >= 15 is 0 Å². The third kappa shape index (κ3) is 3.92. The number of esters is 1. The second-order valence-electron chi connectivity index (χ2n) is 9.05. The second-order valence-corrected chi connectivity index (χ2v) is 9.05. The molecule has 1 aliphatic carbocycles. The highest BCUT2D eigenvalue weighted by atomic mass is 19.1. The Morgan fingerprint density at radius 2 is 2.03 bits per heavy atom. The molecule has 1 fully saturated rings. The normalized spacial score (nSPS) is 23.1. The molecular weight excluding hydrogens is 401 g/mol. The molecule has 1 N–H and O–H groups in total. The van der Waals surface area contributed by atoms with Gasteiger partial charge >= 0.3 is 11.9 Å². The van der Waals surface area contributed by atoms with E-state index in [1.54, 1.807) is 34.6 Å². The van der Waals surface area contributed by atoms with Gasteiger partial charge in [0.15, 0.2) is 0 Å². The van der Waals surface area contributed by atoms with Crippen molar-refractivity contribution in [3.8, 4) is 24.5 Å². The topological polar surface area (TPSA) is 116 Å². The number of ether oxygens (including phenoxy) is 1.